The Hall–Kier alpha value is -0.430. The Morgan fingerprint density at radius 2 is 2.10 bits per heavy atom. The van der Waals surface area contributed by atoms with Crippen molar-refractivity contribution >= 4 is 21.4 Å². The molecule has 1 aliphatic rings. The second kappa shape index (κ2) is 6.13. The molecule has 0 saturated heterocycles. The van der Waals surface area contributed by atoms with Gasteiger partial charge in [0.05, 0.1) is 4.90 Å². The van der Waals surface area contributed by atoms with Crippen molar-refractivity contribution in [1.82, 2.24) is 10.0 Å². The fraction of sp³-hybridized carbons (Fsp3) is 0.714. The van der Waals surface area contributed by atoms with Crippen LogP contribution in [0.4, 0.5) is 0 Å². The lowest BCUT2D eigenvalue weighted by Gasteiger charge is -2.41. The molecule has 1 heterocycles. The van der Waals surface area contributed by atoms with Crippen molar-refractivity contribution in [3.63, 3.8) is 0 Å². The molecule has 0 amide bonds. The number of aryl methyl sites for hydroxylation is 1. The summed E-state index contributed by atoms with van der Waals surface area (Å²) in [6, 6.07) is 1.79. The number of nitrogens with one attached hydrogen (secondary N) is 2. The van der Waals surface area contributed by atoms with Crippen LogP contribution in [0, 0.1) is 12.3 Å². The molecule has 0 radical (unpaired) electrons. The molecule has 6 heteroatoms. The molecular weight excluding hydrogens is 292 g/mol. The molecule has 114 valence electrons. The number of thiophene rings is 1. The van der Waals surface area contributed by atoms with Gasteiger partial charge in [0.25, 0.3) is 0 Å². The fourth-order valence-electron chi connectivity index (χ4n) is 2.71. The summed E-state index contributed by atoms with van der Waals surface area (Å²) in [5.74, 6) is 0. The highest BCUT2D eigenvalue weighted by Crippen LogP contribution is 2.43. The van der Waals surface area contributed by atoms with Crippen LogP contribution in [-0.2, 0) is 16.6 Å². The van der Waals surface area contributed by atoms with E-state index in [1.54, 1.807) is 17.4 Å². The van der Waals surface area contributed by atoms with Crippen molar-refractivity contribution < 1.29 is 8.42 Å². The molecule has 2 rings (SSSR count). The zero-order valence-electron chi connectivity index (χ0n) is 12.5. The van der Waals surface area contributed by atoms with E-state index in [9.17, 15) is 8.42 Å². The average Bonchev–Trinajstić information content (AvgIpc) is 2.71. The molecule has 1 aliphatic carbocycles. The Balaban J connectivity index is 2.10. The topological polar surface area (TPSA) is 58.2 Å². The van der Waals surface area contributed by atoms with Crippen LogP contribution < -0.4 is 10.0 Å². The van der Waals surface area contributed by atoms with Gasteiger partial charge >= 0.3 is 0 Å². The van der Waals surface area contributed by atoms with Gasteiger partial charge in [0.1, 0.15) is 0 Å². The van der Waals surface area contributed by atoms with E-state index in [1.165, 1.54) is 6.42 Å². The number of rotatable bonds is 7. The first-order chi connectivity index (χ1) is 9.42. The fourth-order valence-corrected chi connectivity index (χ4v) is 5.51. The predicted octanol–water partition coefficient (Wildman–Crippen LogP) is 2.63. The summed E-state index contributed by atoms with van der Waals surface area (Å²) in [6.45, 7) is 5.30. The maximum absolute atomic E-state index is 12.4. The molecule has 1 aromatic rings. The number of sulfonamides is 1. The van der Waals surface area contributed by atoms with Crippen molar-refractivity contribution in [2.75, 3.05) is 13.6 Å². The van der Waals surface area contributed by atoms with Gasteiger partial charge in [-0.25, -0.2) is 13.1 Å². The number of hydrogen-bond donors (Lipinski definition) is 2. The molecule has 0 aromatic carbocycles. The van der Waals surface area contributed by atoms with Gasteiger partial charge in [0, 0.05) is 22.8 Å². The van der Waals surface area contributed by atoms with E-state index in [0.29, 0.717) is 18.0 Å². The monoisotopic (exact) mass is 316 g/mol. The zero-order chi connectivity index (χ0) is 14.8. The lowest BCUT2D eigenvalue weighted by molar-refractivity contribution is 0.133. The second-order valence-electron chi connectivity index (χ2n) is 5.70. The van der Waals surface area contributed by atoms with Gasteiger partial charge in [-0.3, -0.25) is 0 Å². The van der Waals surface area contributed by atoms with E-state index >= 15 is 0 Å². The first-order valence-corrected chi connectivity index (χ1v) is 9.46. The van der Waals surface area contributed by atoms with Crippen molar-refractivity contribution in [2.24, 2.45) is 5.41 Å². The van der Waals surface area contributed by atoms with Crippen LogP contribution in [0.25, 0.3) is 0 Å². The molecule has 0 aliphatic heterocycles. The van der Waals surface area contributed by atoms with E-state index in [1.807, 2.05) is 14.0 Å². The summed E-state index contributed by atoms with van der Waals surface area (Å²) >= 11 is 1.54. The van der Waals surface area contributed by atoms with Crippen LogP contribution >= 0.6 is 11.3 Å². The first-order valence-electron chi connectivity index (χ1n) is 7.16. The summed E-state index contributed by atoms with van der Waals surface area (Å²) in [4.78, 5) is 2.36. The van der Waals surface area contributed by atoms with Crippen molar-refractivity contribution in [1.29, 1.82) is 0 Å². The Morgan fingerprint density at radius 3 is 2.60 bits per heavy atom. The van der Waals surface area contributed by atoms with Crippen molar-refractivity contribution in [3.8, 4) is 0 Å². The van der Waals surface area contributed by atoms with E-state index < -0.39 is 10.0 Å². The maximum atomic E-state index is 12.4. The third-order valence-corrected chi connectivity index (χ3v) is 7.07. The Morgan fingerprint density at radius 1 is 1.40 bits per heavy atom. The van der Waals surface area contributed by atoms with Crippen LogP contribution in [-0.4, -0.2) is 22.0 Å². The van der Waals surface area contributed by atoms with E-state index in [2.05, 4.69) is 17.0 Å². The minimum Gasteiger partial charge on any atom is -0.315 e. The predicted molar refractivity (Wildman–Crippen MR) is 83.6 cm³/mol. The quantitative estimate of drug-likeness (QED) is 0.813. The first kappa shape index (κ1) is 15.9. The maximum Gasteiger partial charge on any atom is 0.241 e. The normalized spacial score (nSPS) is 17.9. The Labute approximate surface area is 126 Å². The van der Waals surface area contributed by atoms with E-state index in [-0.39, 0.29) is 5.41 Å². The summed E-state index contributed by atoms with van der Waals surface area (Å²) in [7, 11) is -1.51. The van der Waals surface area contributed by atoms with Gasteiger partial charge in [-0.2, -0.15) is 0 Å². The van der Waals surface area contributed by atoms with Crippen LogP contribution in [0.1, 0.15) is 42.4 Å². The molecule has 0 spiro atoms. The van der Waals surface area contributed by atoms with E-state index in [4.69, 9.17) is 0 Å². The van der Waals surface area contributed by atoms with Gasteiger partial charge < -0.3 is 5.32 Å². The standard InChI is InChI=1S/C14H24N2O2S2/c1-4-14(6-5-7-14)10-16-20(17,18)13-8-12(9-15-3)19-11(13)2/h8,15-16H,4-7,9-10H2,1-3H3. The highest BCUT2D eigenvalue weighted by Gasteiger charge is 2.36. The lowest BCUT2D eigenvalue weighted by Crippen LogP contribution is -2.41. The average molecular weight is 316 g/mol. The number of hydrogen-bond acceptors (Lipinski definition) is 4. The van der Waals surface area contributed by atoms with Crippen LogP contribution in [0.2, 0.25) is 0 Å². The van der Waals surface area contributed by atoms with Gasteiger partial charge in [0.2, 0.25) is 10.0 Å². The third kappa shape index (κ3) is 3.24. The van der Waals surface area contributed by atoms with Crippen molar-refractivity contribution in [3.05, 3.63) is 15.8 Å². The second-order valence-corrected chi connectivity index (χ2v) is 8.77. The molecule has 0 unspecified atom stereocenters. The van der Waals surface area contributed by atoms with Gasteiger partial charge in [0.15, 0.2) is 0 Å². The summed E-state index contributed by atoms with van der Waals surface area (Å²) < 4.78 is 27.7. The zero-order valence-corrected chi connectivity index (χ0v) is 14.1. The lowest BCUT2D eigenvalue weighted by atomic mass is 9.67. The highest BCUT2D eigenvalue weighted by atomic mass is 32.2. The van der Waals surface area contributed by atoms with E-state index in [0.717, 1.165) is 29.0 Å². The molecule has 0 bridgehead atoms. The van der Waals surface area contributed by atoms with Gasteiger partial charge in [-0.15, -0.1) is 11.3 Å². The van der Waals surface area contributed by atoms with Crippen LogP contribution in [0.15, 0.2) is 11.0 Å². The molecule has 1 aromatic heterocycles. The highest BCUT2D eigenvalue weighted by molar-refractivity contribution is 7.89. The largest absolute Gasteiger partial charge is 0.315 e. The molecule has 4 nitrogen and oxygen atoms in total. The summed E-state index contributed by atoms with van der Waals surface area (Å²) in [5.41, 5.74) is 0.199. The minimum absolute atomic E-state index is 0.199. The van der Waals surface area contributed by atoms with Gasteiger partial charge in [-0.05, 0) is 44.7 Å². The molecule has 1 fully saturated rings. The van der Waals surface area contributed by atoms with Gasteiger partial charge in [-0.1, -0.05) is 13.3 Å². The molecule has 1 saturated carbocycles. The SMILES string of the molecule is CCC1(CNS(=O)(=O)c2cc(CNC)sc2C)CCC1. The Kier molecular flexibility index (Phi) is 4.89. The Bertz CT molecular complexity index is 554. The third-order valence-electron chi connectivity index (χ3n) is 4.37. The summed E-state index contributed by atoms with van der Waals surface area (Å²) in [5, 5.41) is 3.05. The van der Waals surface area contributed by atoms with Crippen LogP contribution in [0.5, 0.6) is 0 Å². The molecule has 2 N–H and O–H groups in total. The minimum atomic E-state index is -3.38. The molecule has 20 heavy (non-hydrogen) atoms. The molecule has 0 atom stereocenters. The van der Waals surface area contributed by atoms with Crippen molar-refractivity contribution in [2.45, 2.75) is 51.0 Å². The molecular formula is C14H24N2O2S2. The summed E-state index contributed by atoms with van der Waals surface area (Å²) in [6.07, 6.45) is 4.54. The van der Waals surface area contributed by atoms with Crippen LogP contribution in [0.3, 0.4) is 0 Å². The smallest absolute Gasteiger partial charge is 0.241 e.